The number of likely N-dealkylation sites (N-methyl/N-ethyl adjacent to an activating group) is 1. The van der Waals surface area contributed by atoms with Crippen molar-refractivity contribution in [2.24, 2.45) is 0 Å². The maximum atomic E-state index is 5.71. The van der Waals surface area contributed by atoms with E-state index in [1.165, 1.54) is 22.5 Å². The van der Waals surface area contributed by atoms with Crippen molar-refractivity contribution in [2.45, 2.75) is 26.8 Å². The molecule has 0 saturated carbocycles. The van der Waals surface area contributed by atoms with E-state index in [1.807, 2.05) is 13.0 Å². The lowest BCUT2D eigenvalue weighted by molar-refractivity contribution is 0.111. The molecule has 5 nitrogen and oxygen atoms in total. The average molecular weight is 389 g/mol. The van der Waals surface area contributed by atoms with E-state index < -0.39 is 0 Å². The fourth-order valence-electron chi connectivity index (χ4n) is 4.55. The van der Waals surface area contributed by atoms with E-state index in [4.69, 9.17) is 4.42 Å². The van der Waals surface area contributed by atoms with Crippen LogP contribution >= 0.6 is 0 Å². The zero-order chi connectivity index (χ0) is 20.0. The zero-order valence-electron chi connectivity index (χ0n) is 17.4. The Balaban J connectivity index is 1.34. The molecular weight excluding hydrogens is 360 g/mol. The number of hydrogen-bond acceptors (Lipinski definition) is 5. The number of aryl methyl sites for hydroxylation is 1. The average Bonchev–Trinajstić information content (AvgIpc) is 3.12. The Morgan fingerprint density at radius 1 is 1.17 bits per heavy atom. The van der Waals surface area contributed by atoms with Gasteiger partial charge in [0.2, 0.25) is 0 Å². The topological polar surface area (TPSA) is 35.8 Å². The van der Waals surface area contributed by atoms with Crippen LogP contribution in [0, 0.1) is 6.92 Å². The second-order valence-electron chi connectivity index (χ2n) is 8.11. The highest BCUT2D eigenvalue weighted by atomic mass is 16.3. The normalized spacial score (nSPS) is 22.4. The summed E-state index contributed by atoms with van der Waals surface area (Å²) < 4.78 is 5.71. The highest BCUT2D eigenvalue weighted by Crippen LogP contribution is 2.30. The number of aromatic nitrogens is 1. The summed E-state index contributed by atoms with van der Waals surface area (Å²) >= 11 is 0. The van der Waals surface area contributed by atoms with Crippen LogP contribution in [0.4, 0.5) is 0 Å². The number of piperazine rings is 1. The van der Waals surface area contributed by atoms with Gasteiger partial charge in [0, 0.05) is 51.0 Å². The van der Waals surface area contributed by atoms with Crippen molar-refractivity contribution in [3.63, 3.8) is 0 Å². The third-order valence-electron chi connectivity index (χ3n) is 6.22. The van der Waals surface area contributed by atoms with Crippen molar-refractivity contribution in [1.82, 2.24) is 19.7 Å². The number of fused-ring (bicyclic) bond motifs is 2. The molecule has 0 N–H and O–H groups in total. The van der Waals surface area contributed by atoms with Gasteiger partial charge in [-0.1, -0.05) is 19.1 Å². The molecule has 1 atom stereocenters. The highest BCUT2D eigenvalue weighted by molar-refractivity contribution is 5.83. The van der Waals surface area contributed by atoms with E-state index in [1.54, 1.807) is 0 Å². The monoisotopic (exact) mass is 388 g/mol. The van der Waals surface area contributed by atoms with Gasteiger partial charge < -0.3 is 14.2 Å². The lowest BCUT2D eigenvalue weighted by Gasteiger charge is -2.42. The van der Waals surface area contributed by atoms with Gasteiger partial charge in [0.15, 0.2) is 11.5 Å². The number of benzene rings is 1. The summed E-state index contributed by atoms with van der Waals surface area (Å²) in [5.41, 5.74) is 6.73. The summed E-state index contributed by atoms with van der Waals surface area (Å²) in [6.45, 7) is 11.8. The Labute approximate surface area is 172 Å². The summed E-state index contributed by atoms with van der Waals surface area (Å²) in [7, 11) is 0. The molecule has 0 unspecified atom stereocenters. The van der Waals surface area contributed by atoms with Gasteiger partial charge in [0.25, 0.3) is 0 Å². The second-order valence-corrected chi connectivity index (χ2v) is 8.11. The number of hydrogen-bond donors (Lipinski definition) is 0. The van der Waals surface area contributed by atoms with Gasteiger partial charge in [-0.15, -0.1) is 0 Å². The van der Waals surface area contributed by atoms with Crippen molar-refractivity contribution >= 4 is 16.7 Å². The maximum absolute atomic E-state index is 5.71. The SMILES string of the molecule is CCN1CCN(C2=CN3CC=C(c4ccc5nc(C)oc5c4)C=C3C=C2)C[C@@H]1C. The molecule has 1 aromatic heterocycles. The van der Waals surface area contributed by atoms with Crippen LogP contribution in [0.25, 0.3) is 16.7 Å². The van der Waals surface area contributed by atoms with E-state index in [-0.39, 0.29) is 0 Å². The molecule has 3 aliphatic rings. The molecule has 0 amide bonds. The molecular formula is C24H28N4O. The van der Waals surface area contributed by atoms with Crippen LogP contribution < -0.4 is 0 Å². The first-order chi connectivity index (χ1) is 14.1. The highest BCUT2D eigenvalue weighted by Gasteiger charge is 2.25. The molecule has 2 aromatic rings. The first-order valence-corrected chi connectivity index (χ1v) is 10.6. The van der Waals surface area contributed by atoms with E-state index in [9.17, 15) is 0 Å². The van der Waals surface area contributed by atoms with Gasteiger partial charge in [0.05, 0.1) is 5.70 Å². The van der Waals surface area contributed by atoms with Crippen LogP contribution in [0.3, 0.4) is 0 Å². The third kappa shape index (κ3) is 3.40. The fourth-order valence-corrected chi connectivity index (χ4v) is 4.55. The van der Waals surface area contributed by atoms with Crippen molar-refractivity contribution in [1.29, 1.82) is 0 Å². The van der Waals surface area contributed by atoms with Crippen molar-refractivity contribution in [2.75, 3.05) is 32.7 Å². The lowest BCUT2D eigenvalue weighted by Crippen LogP contribution is -2.51. The van der Waals surface area contributed by atoms with Crippen LogP contribution in [0.2, 0.25) is 0 Å². The molecule has 3 aliphatic heterocycles. The molecule has 4 heterocycles. The second kappa shape index (κ2) is 7.23. The van der Waals surface area contributed by atoms with Gasteiger partial charge in [0.1, 0.15) is 5.52 Å². The number of nitrogens with zero attached hydrogens (tertiary/aromatic N) is 4. The minimum Gasteiger partial charge on any atom is -0.441 e. The summed E-state index contributed by atoms with van der Waals surface area (Å²) in [5, 5.41) is 0. The molecule has 1 saturated heterocycles. The molecule has 0 aliphatic carbocycles. The molecule has 0 spiro atoms. The zero-order valence-corrected chi connectivity index (χ0v) is 17.4. The molecule has 1 aromatic carbocycles. The molecule has 150 valence electrons. The van der Waals surface area contributed by atoms with E-state index >= 15 is 0 Å². The van der Waals surface area contributed by atoms with Crippen molar-refractivity contribution < 1.29 is 4.42 Å². The number of oxazole rings is 1. The molecule has 0 bridgehead atoms. The lowest BCUT2D eigenvalue weighted by atomic mass is 10.00. The molecule has 0 radical (unpaired) electrons. The van der Waals surface area contributed by atoms with Gasteiger partial charge in [-0.3, -0.25) is 4.90 Å². The molecule has 5 rings (SSSR count). The predicted molar refractivity (Wildman–Crippen MR) is 117 cm³/mol. The molecule has 5 heteroatoms. The largest absolute Gasteiger partial charge is 0.441 e. The first kappa shape index (κ1) is 18.3. The first-order valence-electron chi connectivity index (χ1n) is 10.6. The van der Waals surface area contributed by atoms with E-state index in [0.29, 0.717) is 11.9 Å². The van der Waals surface area contributed by atoms with Gasteiger partial charge >= 0.3 is 0 Å². The van der Waals surface area contributed by atoms with Crippen LogP contribution in [-0.2, 0) is 0 Å². The predicted octanol–water partition coefficient (Wildman–Crippen LogP) is 4.16. The Morgan fingerprint density at radius 3 is 2.86 bits per heavy atom. The quantitative estimate of drug-likeness (QED) is 0.789. The summed E-state index contributed by atoms with van der Waals surface area (Å²) in [4.78, 5) is 11.8. The smallest absolute Gasteiger partial charge is 0.192 e. The third-order valence-corrected chi connectivity index (χ3v) is 6.22. The van der Waals surface area contributed by atoms with Crippen LogP contribution in [0.15, 0.2) is 64.5 Å². The minimum atomic E-state index is 0.600. The van der Waals surface area contributed by atoms with Gasteiger partial charge in [-0.05, 0) is 55.0 Å². The summed E-state index contributed by atoms with van der Waals surface area (Å²) in [6.07, 6.45) is 11.4. The van der Waals surface area contributed by atoms with Crippen LogP contribution in [0.1, 0.15) is 25.3 Å². The van der Waals surface area contributed by atoms with Crippen molar-refractivity contribution in [3.05, 3.63) is 71.6 Å². The van der Waals surface area contributed by atoms with Crippen LogP contribution in [-0.4, -0.2) is 58.4 Å². The number of rotatable bonds is 3. The van der Waals surface area contributed by atoms with Gasteiger partial charge in [-0.25, -0.2) is 4.98 Å². The molecule has 29 heavy (non-hydrogen) atoms. The Morgan fingerprint density at radius 2 is 2.03 bits per heavy atom. The number of allylic oxidation sites excluding steroid dienone is 4. The standard InChI is InChI=1S/C24H28N4O/c1-4-26-11-12-28(15-17(26)2)22-7-6-21-13-20(9-10-27(21)16-22)19-5-8-23-24(14-19)29-18(3)25-23/h5-9,13-14,16-17H,4,10-12,15H2,1-3H3/t17-/m0/s1. The fraction of sp³-hybridized carbons (Fsp3) is 0.375. The van der Waals surface area contributed by atoms with Crippen LogP contribution in [0.5, 0.6) is 0 Å². The van der Waals surface area contributed by atoms with Crippen molar-refractivity contribution in [3.8, 4) is 0 Å². The Kier molecular flexibility index (Phi) is 4.55. The van der Waals surface area contributed by atoms with E-state index in [0.717, 1.165) is 43.8 Å². The summed E-state index contributed by atoms with van der Waals surface area (Å²) in [6, 6.07) is 6.86. The van der Waals surface area contributed by atoms with E-state index in [2.05, 4.69) is 76.2 Å². The summed E-state index contributed by atoms with van der Waals surface area (Å²) in [5.74, 6) is 0.710. The Hall–Kier alpha value is -2.79. The Bertz CT molecular complexity index is 1060. The van der Waals surface area contributed by atoms with Gasteiger partial charge in [-0.2, -0.15) is 0 Å². The minimum absolute atomic E-state index is 0.600. The maximum Gasteiger partial charge on any atom is 0.192 e. The molecule has 1 fully saturated rings.